The lowest BCUT2D eigenvalue weighted by atomic mass is 9.98. The molecule has 30 heavy (non-hydrogen) atoms. The van der Waals surface area contributed by atoms with Gasteiger partial charge in [0.15, 0.2) is 5.16 Å². The summed E-state index contributed by atoms with van der Waals surface area (Å²) in [5.74, 6) is -0.128. The summed E-state index contributed by atoms with van der Waals surface area (Å²) >= 11 is 1.57. The predicted octanol–water partition coefficient (Wildman–Crippen LogP) is 3.59. The van der Waals surface area contributed by atoms with Crippen molar-refractivity contribution in [3.63, 3.8) is 0 Å². The molecule has 152 valence electrons. The average Bonchev–Trinajstić information content (AvgIpc) is 3.12. The van der Waals surface area contributed by atoms with Gasteiger partial charge in [0, 0.05) is 31.9 Å². The van der Waals surface area contributed by atoms with Crippen LogP contribution in [0.4, 0.5) is 0 Å². The number of nitrogens with one attached hydrogen (secondary N) is 1. The van der Waals surface area contributed by atoms with Gasteiger partial charge >= 0.3 is 0 Å². The quantitative estimate of drug-likeness (QED) is 0.503. The first kappa shape index (κ1) is 20.0. The first-order valence-electron chi connectivity index (χ1n) is 9.50. The standard InChI is InChI=1S/C23H22N4O2S/c1-26-14-17(8-10-21(26)28)19-6-4-5-15-11-16(7-9-20(15)19)22(29)24-12-18-13-25-23(30-3)27(18)2/h4-11,13-14H,12H2,1-3H3,(H,24,29). The molecule has 6 nitrogen and oxygen atoms in total. The maximum absolute atomic E-state index is 12.7. The van der Waals surface area contributed by atoms with Crippen molar-refractivity contribution in [1.82, 2.24) is 19.4 Å². The molecule has 2 aromatic carbocycles. The van der Waals surface area contributed by atoms with Crippen LogP contribution < -0.4 is 10.9 Å². The summed E-state index contributed by atoms with van der Waals surface area (Å²) in [4.78, 5) is 28.7. The zero-order valence-corrected chi connectivity index (χ0v) is 17.9. The molecule has 1 N–H and O–H groups in total. The number of amides is 1. The minimum atomic E-state index is -0.128. The van der Waals surface area contributed by atoms with E-state index in [1.807, 2.05) is 66.5 Å². The fourth-order valence-corrected chi connectivity index (χ4v) is 4.03. The SMILES string of the molecule is CSc1ncc(CNC(=O)c2ccc3c(-c4ccc(=O)n(C)c4)cccc3c2)n1C. The van der Waals surface area contributed by atoms with Crippen LogP contribution in [0.25, 0.3) is 21.9 Å². The number of nitrogens with zero attached hydrogens (tertiary/aromatic N) is 3. The van der Waals surface area contributed by atoms with Gasteiger partial charge in [-0.15, -0.1) is 0 Å². The van der Waals surface area contributed by atoms with Gasteiger partial charge in [0.05, 0.1) is 18.4 Å². The highest BCUT2D eigenvalue weighted by molar-refractivity contribution is 7.98. The van der Waals surface area contributed by atoms with Crippen molar-refractivity contribution in [2.24, 2.45) is 14.1 Å². The third-order valence-electron chi connectivity index (χ3n) is 5.19. The van der Waals surface area contributed by atoms with Crippen LogP contribution in [-0.2, 0) is 20.6 Å². The molecule has 0 saturated carbocycles. The monoisotopic (exact) mass is 418 g/mol. The van der Waals surface area contributed by atoms with Crippen molar-refractivity contribution in [1.29, 1.82) is 0 Å². The Morgan fingerprint density at radius 3 is 2.70 bits per heavy atom. The number of aromatic nitrogens is 3. The Kier molecular flexibility index (Phi) is 5.46. The lowest BCUT2D eigenvalue weighted by molar-refractivity contribution is 0.0950. The highest BCUT2D eigenvalue weighted by Gasteiger charge is 2.11. The molecule has 0 aliphatic rings. The van der Waals surface area contributed by atoms with Gasteiger partial charge in [-0.1, -0.05) is 36.0 Å². The summed E-state index contributed by atoms with van der Waals surface area (Å²) in [6, 6.07) is 15.1. The summed E-state index contributed by atoms with van der Waals surface area (Å²) in [7, 11) is 3.68. The number of hydrogen-bond acceptors (Lipinski definition) is 4. The summed E-state index contributed by atoms with van der Waals surface area (Å²) in [6.07, 6.45) is 5.59. The molecule has 0 aliphatic carbocycles. The van der Waals surface area contributed by atoms with E-state index in [9.17, 15) is 9.59 Å². The van der Waals surface area contributed by atoms with E-state index >= 15 is 0 Å². The number of imidazole rings is 1. The van der Waals surface area contributed by atoms with Crippen LogP contribution in [0.5, 0.6) is 0 Å². The van der Waals surface area contributed by atoms with E-state index in [1.165, 1.54) is 0 Å². The molecule has 7 heteroatoms. The number of benzene rings is 2. The molecule has 4 aromatic rings. The van der Waals surface area contributed by atoms with Crippen molar-refractivity contribution in [2.75, 3.05) is 6.26 Å². The van der Waals surface area contributed by atoms with E-state index < -0.39 is 0 Å². The molecule has 4 rings (SSSR count). The van der Waals surface area contributed by atoms with E-state index in [1.54, 1.807) is 35.6 Å². The van der Waals surface area contributed by atoms with Crippen LogP contribution >= 0.6 is 11.8 Å². The van der Waals surface area contributed by atoms with Gasteiger partial charge in [0.1, 0.15) is 0 Å². The predicted molar refractivity (Wildman–Crippen MR) is 121 cm³/mol. The maximum atomic E-state index is 12.7. The first-order chi connectivity index (χ1) is 14.5. The molecule has 2 aromatic heterocycles. The Balaban J connectivity index is 1.60. The van der Waals surface area contributed by atoms with E-state index in [0.29, 0.717) is 12.1 Å². The highest BCUT2D eigenvalue weighted by Crippen LogP contribution is 2.28. The molecule has 0 atom stereocenters. The van der Waals surface area contributed by atoms with Crippen molar-refractivity contribution >= 4 is 28.4 Å². The molecule has 0 spiro atoms. The molecule has 0 saturated heterocycles. The zero-order chi connectivity index (χ0) is 21.3. The van der Waals surface area contributed by atoms with Crippen molar-refractivity contribution in [3.8, 4) is 11.1 Å². The van der Waals surface area contributed by atoms with Crippen molar-refractivity contribution in [3.05, 3.63) is 82.5 Å². The Bertz CT molecular complexity index is 1310. The maximum Gasteiger partial charge on any atom is 0.251 e. The molecule has 0 bridgehead atoms. The van der Waals surface area contributed by atoms with E-state index in [-0.39, 0.29) is 11.5 Å². The van der Waals surface area contributed by atoms with Gasteiger partial charge in [0.2, 0.25) is 5.56 Å². The number of aryl methyl sites for hydroxylation is 1. The molecule has 0 unspecified atom stereocenters. The average molecular weight is 419 g/mol. The van der Waals surface area contributed by atoms with Crippen LogP contribution in [0.3, 0.4) is 0 Å². The van der Waals surface area contributed by atoms with Gasteiger partial charge in [0.25, 0.3) is 5.91 Å². The lowest BCUT2D eigenvalue weighted by Gasteiger charge is -2.10. The summed E-state index contributed by atoms with van der Waals surface area (Å²) < 4.78 is 3.54. The van der Waals surface area contributed by atoms with Gasteiger partial charge in [-0.25, -0.2) is 4.98 Å². The third-order valence-corrected chi connectivity index (χ3v) is 5.94. The Morgan fingerprint density at radius 2 is 1.97 bits per heavy atom. The van der Waals surface area contributed by atoms with Crippen LogP contribution in [-0.4, -0.2) is 26.3 Å². The minimum absolute atomic E-state index is 0.0454. The molecular weight excluding hydrogens is 396 g/mol. The number of rotatable bonds is 5. The number of hydrogen-bond donors (Lipinski definition) is 1. The van der Waals surface area contributed by atoms with E-state index in [2.05, 4.69) is 10.3 Å². The number of carbonyl (C=O) groups excluding carboxylic acids is 1. The van der Waals surface area contributed by atoms with E-state index in [0.717, 1.165) is 32.7 Å². The number of thioether (sulfide) groups is 1. The minimum Gasteiger partial charge on any atom is -0.346 e. The van der Waals surface area contributed by atoms with Crippen molar-refractivity contribution < 1.29 is 4.79 Å². The number of pyridine rings is 1. The van der Waals surface area contributed by atoms with Crippen LogP contribution in [0.1, 0.15) is 16.1 Å². The largest absolute Gasteiger partial charge is 0.346 e. The lowest BCUT2D eigenvalue weighted by Crippen LogP contribution is -2.23. The van der Waals surface area contributed by atoms with Gasteiger partial charge in [-0.3, -0.25) is 9.59 Å². The summed E-state index contributed by atoms with van der Waals surface area (Å²) in [5, 5.41) is 5.89. The number of carbonyl (C=O) groups is 1. The molecule has 0 radical (unpaired) electrons. The molecule has 0 aliphatic heterocycles. The van der Waals surface area contributed by atoms with E-state index in [4.69, 9.17) is 0 Å². The van der Waals surface area contributed by atoms with Crippen LogP contribution in [0.2, 0.25) is 0 Å². The topological polar surface area (TPSA) is 68.9 Å². The smallest absolute Gasteiger partial charge is 0.251 e. The Labute approximate surface area is 178 Å². The molecular formula is C23H22N4O2S. The first-order valence-corrected chi connectivity index (χ1v) is 10.7. The van der Waals surface area contributed by atoms with Crippen LogP contribution in [0, 0.1) is 0 Å². The van der Waals surface area contributed by atoms with Gasteiger partial charge in [-0.05, 0) is 46.4 Å². The number of fused-ring (bicyclic) bond motifs is 1. The van der Waals surface area contributed by atoms with Crippen molar-refractivity contribution in [2.45, 2.75) is 11.7 Å². The normalized spacial score (nSPS) is 11.0. The molecule has 0 fully saturated rings. The van der Waals surface area contributed by atoms with Gasteiger partial charge < -0.3 is 14.5 Å². The third kappa shape index (κ3) is 3.76. The summed E-state index contributed by atoms with van der Waals surface area (Å²) in [6.45, 7) is 0.416. The molecule has 1 amide bonds. The second-order valence-electron chi connectivity index (χ2n) is 7.09. The Morgan fingerprint density at radius 1 is 1.13 bits per heavy atom. The summed E-state index contributed by atoms with van der Waals surface area (Å²) in [5.41, 5.74) is 3.49. The van der Waals surface area contributed by atoms with Gasteiger partial charge in [-0.2, -0.15) is 0 Å². The van der Waals surface area contributed by atoms with Crippen LogP contribution in [0.15, 0.2) is 70.9 Å². The fourth-order valence-electron chi connectivity index (χ4n) is 3.48. The fraction of sp³-hybridized carbons (Fsp3) is 0.174. The Hall–Kier alpha value is -3.32. The second-order valence-corrected chi connectivity index (χ2v) is 7.86. The highest BCUT2D eigenvalue weighted by atomic mass is 32.2. The zero-order valence-electron chi connectivity index (χ0n) is 17.0. The molecule has 2 heterocycles. The second kappa shape index (κ2) is 8.20.